The van der Waals surface area contributed by atoms with Crippen molar-refractivity contribution >= 4 is 0 Å². The van der Waals surface area contributed by atoms with Gasteiger partial charge in [0, 0.05) is 12.1 Å². The van der Waals surface area contributed by atoms with Gasteiger partial charge in [-0.2, -0.15) is 5.10 Å². The van der Waals surface area contributed by atoms with E-state index < -0.39 is 0 Å². The van der Waals surface area contributed by atoms with E-state index in [4.69, 9.17) is 0 Å². The maximum Gasteiger partial charge on any atom is 0.128 e. The lowest BCUT2D eigenvalue weighted by atomic mass is 10.0. The number of rotatable bonds is 5. The van der Waals surface area contributed by atoms with Crippen molar-refractivity contribution in [1.82, 2.24) is 15.1 Å². The number of hydrogen-bond acceptors (Lipinski definition) is 2. The second-order valence-corrected chi connectivity index (χ2v) is 4.98. The van der Waals surface area contributed by atoms with Crippen LogP contribution in [0.5, 0.6) is 0 Å². The van der Waals surface area contributed by atoms with Crippen LogP contribution in [0, 0.1) is 12.7 Å². The molecule has 1 atom stereocenters. The van der Waals surface area contributed by atoms with Gasteiger partial charge in [0.2, 0.25) is 0 Å². The summed E-state index contributed by atoms with van der Waals surface area (Å²) in [5.41, 5.74) is 3.77. The van der Waals surface area contributed by atoms with Crippen LogP contribution in [-0.4, -0.2) is 16.8 Å². The Morgan fingerprint density at radius 1 is 1.30 bits per heavy atom. The van der Waals surface area contributed by atoms with Gasteiger partial charge >= 0.3 is 0 Å². The van der Waals surface area contributed by atoms with Crippen molar-refractivity contribution in [1.29, 1.82) is 0 Å². The van der Waals surface area contributed by atoms with Gasteiger partial charge in [0.15, 0.2) is 0 Å². The molecular formula is C16H22FN3. The molecule has 4 heteroatoms. The van der Waals surface area contributed by atoms with E-state index in [0.717, 1.165) is 29.9 Å². The van der Waals surface area contributed by atoms with Crippen molar-refractivity contribution in [3.05, 3.63) is 52.6 Å². The summed E-state index contributed by atoms with van der Waals surface area (Å²) in [6, 6.07) is 7.10. The maximum atomic E-state index is 14.1. The van der Waals surface area contributed by atoms with Crippen LogP contribution in [0.25, 0.3) is 0 Å². The van der Waals surface area contributed by atoms with Crippen LogP contribution < -0.4 is 5.32 Å². The fourth-order valence-electron chi connectivity index (χ4n) is 2.49. The molecule has 1 aromatic carbocycles. The average molecular weight is 275 g/mol. The van der Waals surface area contributed by atoms with E-state index in [0.29, 0.717) is 5.56 Å². The van der Waals surface area contributed by atoms with E-state index in [1.165, 1.54) is 6.07 Å². The van der Waals surface area contributed by atoms with Gasteiger partial charge in [-0.15, -0.1) is 0 Å². The molecular weight excluding hydrogens is 253 g/mol. The topological polar surface area (TPSA) is 29.9 Å². The maximum absolute atomic E-state index is 14.1. The van der Waals surface area contributed by atoms with Crippen molar-refractivity contribution in [2.45, 2.75) is 39.8 Å². The van der Waals surface area contributed by atoms with E-state index in [1.54, 1.807) is 6.07 Å². The van der Waals surface area contributed by atoms with E-state index in [1.807, 2.05) is 24.7 Å². The van der Waals surface area contributed by atoms with Gasteiger partial charge < -0.3 is 5.32 Å². The van der Waals surface area contributed by atoms with Crippen LogP contribution in [0.2, 0.25) is 0 Å². The van der Waals surface area contributed by atoms with Crippen molar-refractivity contribution in [2.75, 3.05) is 7.05 Å². The monoisotopic (exact) mass is 275 g/mol. The lowest BCUT2D eigenvalue weighted by Gasteiger charge is -2.19. The summed E-state index contributed by atoms with van der Waals surface area (Å²) in [5, 5.41) is 7.76. The summed E-state index contributed by atoms with van der Waals surface area (Å²) in [6.45, 7) is 6.88. The fourth-order valence-corrected chi connectivity index (χ4v) is 2.49. The van der Waals surface area contributed by atoms with Crippen LogP contribution in [0.4, 0.5) is 4.39 Å². The minimum absolute atomic E-state index is 0.178. The number of halogens is 1. The Morgan fingerprint density at radius 3 is 2.65 bits per heavy atom. The SMILES string of the molecule is CCc1cc(C(NC)c2cc(C)ccc2F)n(CC)n1. The third kappa shape index (κ3) is 2.75. The van der Waals surface area contributed by atoms with Crippen LogP contribution in [0.1, 0.15) is 42.4 Å². The summed E-state index contributed by atoms with van der Waals surface area (Å²) in [6.07, 6.45) is 0.882. The van der Waals surface area contributed by atoms with Gasteiger partial charge in [-0.1, -0.05) is 24.6 Å². The van der Waals surface area contributed by atoms with E-state index in [-0.39, 0.29) is 11.9 Å². The van der Waals surface area contributed by atoms with Crippen LogP contribution in [0.3, 0.4) is 0 Å². The van der Waals surface area contributed by atoms with Crippen molar-refractivity contribution in [3.8, 4) is 0 Å². The minimum Gasteiger partial charge on any atom is -0.308 e. The van der Waals surface area contributed by atoms with Crippen molar-refractivity contribution in [2.24, 2.45) is 0 Å². The molecule has 0 fully saturated rings. The van der Waals surface area contributed by atoms with Gasteiger partial charge in [0.05, 0.1) is 17.4 Å². The highest BCUT2D eigenvalue weighted by Gasteiger charge is 2.21. The molecule has 20 heavy (non-hydrogen) atoms. The molecule has 0 aliphatic carbocycles. The molecule has 1 N–H and O–H groups in total. The molecule has 0 radical (unpaired) electrons. The normalized spacial score (nSPS) is 12.7. The Balaban J connectivity index is 2.51. The summed E-state index contributed by atoms with van der Waals surface area (Å²) in [7, 11) is 1.85. The summed E-state index contributed by atoms with van der Waals surface area (Å²) in [4.78, 5) is 0. The highest BCUT2D eigenvalue weighted by atomic mass is 19.1. The first-order valence-corrected chi connectivity index (χ1v) is 7.10. The first-order valence-electron chi connectivity index (χ1n) is 7.10. The van der Waals surface area contributed by atoms with Gasteiger partial charge in [0.1, 0.15) is 5.82 Å². The highest BCUT2D eigenvalue weighted by molar-refractivity contribution is 5.33. The number of hydrogen-bond donors (Lipinski definition) is 1. The van der Waals surface area contributed by atoms with Gasteiger partial charge in [-0.05, 0) is 39.4 Å². The van der Waals surface area contributed by atoms with Gasteiger partial charge in [-0.3, -0.25) is 4.68 Å². The second kappa shape index (κ2) is 6.18. The number of aryl methyl sites for hydroxylation is 3. The molecule has 2 rings (SSSR count). The molecule has 0 amide bonds. The second-order valence-electron chi connectivity index (χ2n) is 4.98. The smallest absolute Gasteiger partial charge is 0.128 e. The third-order valence-electron chi connectivity index (χ3n) is 3.57. The van der Waals surface area contributed by atoms with Crippen molar-refractivity contribution < 1.29 is 4.39 Å². The predicted octanol–water partition coefficient (Wildman–Crippen LogP) is 3.22. The quantitative estimate of drug-likeness (QED) is 0.908. The lowest BCUT2D eigenvalue weighted by Crippen LogP contribution is -2.22. The minimum atomic E-state index is -0.183. The molecule has 0 saturated heterocycles. The van der Waals surface area contributed by atoms with Gasteiger partial charge in [-0.25, -0.2) is 4.39 Å². The summed E-state index contributed by atoms with van der Waals surface area (Å²) >= 11 is 0. The Morgan fingerprint density at radius 2 is 2.05 bits per heavy atom. The summed E-state index contributed by atoms with van der Waals surface area (Å²) in [5.74, 6) is -0.183. The molecule has 1 aromatic heterocycles. The summed E-state index contributed by atoms with van der Waals surface area (Å²) < 4.78 is 16.1. The zero-order chi connectivity index (χ0) is 14.7. The van der Waals surface area contributed by atoms with E-state index >= 15 is 0 Å². The first kappa shape index (κ1) is 14.7. The molecule has 1 unspecified atom stereocenters. The molecule has 1 heterocycles. The molecule has 108 valence electrons. The van der Waals surface area contributed by atoms with Crippen LogP contribution >= 0.6 is 0 Å². The molecule has 0 aliphatic heterocycles. The predicted molar refractivity (Wildman–Crippen MR) is 79.3 cm³/mol. The molecule has 0 saturated carbocycles. The standard InChI is InChI=1S/C16H22FN3/c1-5-12-10-15(20(6-2)19-12)16(18-4)13-9-11(3)7-8-14(13)17/h7-10,16,18H,5-6H2,1-4H3. The molecule has 0 spiro atoms. The van der Waals surface area contributed by atoms with E-state index in [9.17, 15) is 4.39 Å². The zero-order valence-corrected chi connectivity index (χ0v) is 12.6. The first-order chi connectivity index (χ1) is 9.60. The number of benzene rings is 1. The molecule has 2 aromatic rings. The Hall–Kier alpha value is -1.68. The highest BCUT2D eigenvalue weighted by Crippen LogP contribution is 2.26. The van der Waals surface area contributed by atoms with Crippen LogP contribution in [-0.2, 0) is 13.0 Å². The Kier molecular flexibility index (Phi) is 4.55. The Labute approximate surface area is 119 Å². The fraction of sp³-hybridized carbons (Fsp3) is 0.438. The number of nitrogens with one attached hydrogen (secondary N) is 1. The molecule has 3 nitrogen and oxygen atoms in total. The average Bonchev–Trinajstić information content (AvgIpc) is 2.87. The van der Waals surface area contributed by atoms with Gasteiger partial charge in [0.25, 0.3) is 0 Å². The molecule has 0 bridgehead atoms. The lowest BCUT2D eigenvalue weighted by molar-refractivity contribution is 0.531. The third-order valence-corrected chi connectivity index (χ3v) is 3.57. The Bertz CT molecular complexity index is 589. The largest absolute Gasteiger partial charge is 0.308 e. The zero-order valence-electron chi connectivity index (χ0n) is 12.6. The van der Waals surface area contributed by atoms with Crippen molar-refractivity contribution in [3.63, 3.8) is 0 Å². The van der Waals surface area contributed by atoms with E-state index in [2.05, 4.69) is 30.3 Å². The number of nitrogens with zero attached hydrogens (tertiary/aromatic N) is 2. The molecule has 0 aliphatic rings. The van der Waals surface area contributed by atoms with Crippen LogP contribution in [0.15, 0.2) is 24.3 Å². The number of aromatic nitrogens is 2.